The molecule has 116 valence electrons. The highest BCUT2D eigenvalue weighted by Gasteiger charge is 2.41. The van der Waals surface area contributed by atoms with Crippen LogP contribution in [0, 0.1) is 17.0 Å². The molecule has 1 aliphatic rings. The summed E-state index contributed by atoms with van der Waals surface area (Å²) < 4.78 is 4.80. The van der Waals surface area contributed by atoms with Crippen molar-refractivity contribution in [2.24, 2.45) is 0 Å². The molecular weight excluding hydrogens is 286 g/mol. The predicted octanol–water partition coefficient (Wildman–Crippen LogP) is 2.03. The topological polar surface area (TPSA) is 94.4 Å². The van der Waals surface area contributed by atoms with Gasteiger partial charge in [-0.3, -0.25) is 15.1 Å². The average Bonchev–Trinajstić information content (AvgIpc) is 2.45. The van der Waals surface area contributed by atoms with Gasteiger partial charge in [0, 0.05) is 11.4 Å². The van der Waals surface area contributed by atoms with Gasteiger partial charge in [-0.15, -0.1) is 0 Å². The van der Waals surface area contributed by atoms with E-state index in [2.05, 4.69) is 10.3 Å². The Morgan fingerprint density at radius 3 is 2.55 bits per heavy atom. The van der Waals surface area contributed by atoms with Crippen molar-refractivity contribution in [1.82, 2.24) is 10.3 Å². The highest BCUT2D eigenvalue weighted by molar-refractivity contribution is 5.92. The van der Waals surface area contributed by atoms with Crippen LogP contribution in [0.1, 0.15) is 31.2 Å². The highest BCUT2D eigenvalue weighted by Crippen LogP contribution is 2.37. The molecule has 1 N–H and O–H groups in total. The van der Waals surface area contributed by atoms with E-state index in [1.165, 1.54) is 7.11 Å². The largest absolute Gasteiger partial charge is 0.466 e. The molecule has 0 aromatic carbocycles. The first kappa shape index (κ1) is 15.7. The van der Waals surface area contributed by atoms with Crippen molar-refractivity contribution >= 4 is 5.97 Å². The van der Waals surface area contributed by atoms with Crippen LogP contribution < -0.4 is 5.32 Å². The zero-order valence-corrected chi connectivity index (χ0v) is 12.8. The fraction of sp³-hybridized carbons (Fsp3) is 0.333. The number of pyridine rings is 1. The first-order valence-corrected chi connectivity index (χ1v) is 6.71. The summed E-state index contributed by atoms with van der Waals surface area (Å²) in [7, 11) is 1.25. The number of esters is 1. The van der Waals surface area contributed by atoms with Crippen LogP contribution in [-0.2, 0) is 9.53 Å². The Morgan fingerprint density at radius 1 is 1.32 bits per heavy atom. The summed E-state index contributed by atoms with van der Waals surface area (Å²) in [6, 6.07) is 5.23. The molecule has 0 bridgehead atoms. The van der Waals surface area contributed by atoms with Crippen molar-refractivity contribution in [2.45, 2.75) is 26.7 Å². The molecule has 22 heavy (non-hydrogen) atoms. The van der Waals surface area contributed by atoms with Crippen LogP contribution in [0.5, 0.6) is 0 Å². The molecule has 7 heteroatoms. The third-order valence-corrected chi connectivity index (χ3v) is 3.53. The second-order valence-electron chi connectivity index (χ2n) is 5.06. The highest BCUT2D eigenvalue weighted by atomic mass is 16.6. The minimum atomic E-state index is -0.858. The molecular formula is C15H17N3O4. The van der Waals surface area contributed by atoms with E-state index in [0.717, 1.165) is 5.69 Å². The summed E-state index contributed by atoms with van der Waals surface area (Å²) in [5.41, 5.74) is 2.21. The number of dihydropyridines is 1. The third kappa shape index (κ3) is 2.69. The van der Waals surface area contributed by atoms with Crippen LogP contribution in [0.3, 0.4) is 0 Å². The monoisotopic (exact) mass is 303 g/mol. The van der Waals surface area contributed by atoms with E-state index in [9.17, 15) is 14.9 Å². The van der Waals surface area contributed by atoms with Gasteiger partial charge in [0.15, 0.2) is 0 Å². The molecule has 0 aliphatic carbocycles. The number of aryl methyl sites for hydroxylation is 1. The molecule has 0 radical (unpaired) electrons. The number of nitrogens with zero attached hydrogens (tertiary/aromatic N) is 2. The van der Waals surface area contributed by atoms with Gasteiger partial charge in [0.2, 0.25) is 0 Å². The SMILES string of the molecule is COC(=O)C1=C(C)NC(C)=C([N+](=O)[O-])[C@@H]1c1cccc(C)n1. The summed E-state index contributed by atoms with van der Waals surface area (Å²) in [5, 5.41) is 14.4. The second-order valence-corrected chi connectivity index (χ2v) is 5.06. The second kappa shape index (κ2) is 5.97. The Morgan fingerprint density at radius 2 is 2.00 bits per heavy atom. The van der Waals surface area contributed by atoms with E-state index in [-0.39, 0.29) is 11.3 Å². The number of allylic oxidation sites excluding steroid dienone is 3. The Hall–Kier alpha value is -2.70. The lowest BCUT2D eigenvalue weighted by molar-refractivity contribution is -0.431. The van der Waals surface area contributed by atoms with Gasteiger partial charge in [0.25, 0.3) is 5.70 Å². The maximum Gasteiger partial charge on any atom is 0.336 e. The van der Waals surface area contributed by atoms with Crippen LogP contribution in [0.2, 0.25) is 0 Å². The maximum atomic E-state index is 12.1. The molecule has 0 saturated carbocycles. The molecule has 1 aromatic rings. The van der Waals surface area contributed by atoms with Gasteiger partial charge in [0.05, 0.1) is 29.0 Å². The molecule has 0 amide bonds. The van der Waals surface area contributed by atoms with Gasteiger partial charge in [-0.05, 0) is 32.9 Å². The Balaban J connectivity index is 2.70. The van der Waals surface area contributed by atoms with E-state index in [1.807, 2.05) is 0 Å². The van der Waals surface area contributed by atoms with Gasteiger partial charge >= 0.3 is 5.97 Å². The minimum Gasteiger partial charge on any atom is -0.466 e. The fourth-order valence-electron chi connectivity index (χ4n) is 2.62. The first-order chi connectivity index (χ1) is 10.4. The van der Waals surface area contributed by atoms with Crippen LogP contribution in [0.4, 0.5) is 0 Å². The summed E-state index contributed by atoms with van der Waals surface area (Å²) in [5.74, 6) is -1.46. The molecule has 7 nitrogen and oxygen atoms in total. The lowest BCUT2D eigenvalue weighted by Crippen LogP contribution is -2.31. The van der Waals surface area contributed by atoms with E-state index >= 15 is 0 Å². The standard InChI is InChI=1S/C15H17N3O4/c1-8-6-5-7-11(16-8)13-12(15(19)22-4)9(2)17-10(3)14(13)18(20)21/h5-7,13,17H,1-4H3/t13-/m1/s1. The fourth-order valence-corrected chi connectivity index (χ4v) is 2.62. The smallest absolute Gasteiger partial charge is 0.336 e. The summed E-state index contributed by atoms with van der Waals surface area (Å²) in [6.45, 7) is 5.09. The molecule has 2 heterocycles. The van der Waals surface area contributed by atoms with E-state index in [0.29, 0.717) is 17.1 Å². The van der Waals surface area contributed by atoms with Gasteiger partial charge in [-0.1, -0.05) is 6.07 Å². The van der Waals surface area contributed by atoms with Crippen molar-refractivity contribution in [3.05, 3.63) is 62.4 Å². The number of nitrogens with one attached hydrogen (secondary N) is 1. The summed E-state index contributed by atoms with van der Waals surface area (Å²) in [6.07, 6.45) is 0. The number of aromatic nitrogens is 1. The molecule has 1 atom stereocenters. The first-order valence-electron chi connectivity index (χ1n) is 6.71. The van der Waals surface area contributed by atoms with Gasteiger partial charge < -0.3 is 10.1 Å². The molecule has 0 fully saturated rings. The minimum absolute atomic E-state index is 0.0934. The quantitative estimate of drug-likeness (QED) is 0.521. The lowest BCUT2D eigenvalue weighted by Gasteiger charge is -2.25. The Labute approximate surface area is 127 Å². The van der Waals surface area contributed by atoms with E-state index in [4.69, 9.17) is 4.74 Å². The van der Waals surface area contributed by atoms with Crippen molar-refractivity contribution in [2.75, 3.05) is 7.11 Å². The lowest BCUT2D eigenvalue weighted by atomic mass is 9.87. The third-order valence-electron chi connectivity index (χ3n) is 3.53. The van der Waals surface area contributed by atoms with Crippen LogP contribution >= 0.6 is 0 Å². The number of ether oxygens (including phenoxy) is 1. The van der Waals surface area contributed by atoms with Crippen molar-refractivity contribution in [1.29, 1.82) is 0 Å². The maximum absolute atomic E-state index is 12.1. The molecule has 0 spiro atoms. The Bertz CT molecular complexity index is 706. The number of hydrogen-bond acceptors (Lipinski definition) is 6. The van der Waals surface area contributed by atoms with E-state index < -0.39 is 16.8 Å². The normalized spacial score (nSPS) is 18.1. The Kier molecular flexibility index (Phi) is 4.25. The molecule has 2 rings (SSSR count). The van der Waals surface area contributed by atoms with Gasteiger partial charge in [-0.2, -0.15) is 0 Å². The number of methoxy groups -OCH3 is 1. The number of hydrogen-bond donors (Lipinski definition) is 1. The molecule has 0 unspecified atom stereocenters. The van der Waals surface area contributed by atoms with Crippen molar-refractivity contribution < 1.29 is 14.5 Å². The van der Waals surface area contributed by atoms with Gasteiger partial charge in [0.1, 0.15) is 5.92 Å². The van der Waals surface area contributed by atoms with Crippen LogP contribution in [0.15, 0.2) is 40.9 Å². The number of nitro groups is 1. The summed E-state index contributed by atoms with van der Waals surface area (Å²) in [4.78, 5) is 27.5. The van der Waals surface area contributed by atoms with E-state index in [1.54, 1.807) is 39.0 Å². The summed E-state index contributed by atoms with van der Waals surface area (Å²) >= 11 is 0. The zero-order chi connectivity index (χ0) is 16.4. The molecule has 1 aromatic heterocycles. The van der Waals surface area contributed by atoms with Gasteiger partial charge in [-0.25, -0.2) is 4.79 Å². The number of carbonyl (C=O) groups is 1. The average molecular weight is 303 g/mol. The predicted molar refractivity (Wildman–Crippen MR) is 79.3 cm³/mol. The number of carbonyl (C=O) groups excluding carboxylic acids is 1. The number of rotatable bonds is 3. The van der Waals surface area contributed by atoms with Crippen molar-refractivity contribution in [3.63, 3.8) is 0 Å². The van der Waals surface area contributed by atoms with Crippen LogP contribution in [-0.4, -0.2) is 23.0 Å². The molecule has 1 aliphatic heterocycles. The zero-order valence-electron chi connectivity index (χ0n) is 12.8. The van der Waals surface area contributed by atoms with Crippen molar-refractivity contribution in [3.8, 4) is 0 Å². The van der Waals surface area contributed by atoms with Crippen LogP contribution in [0.25, 0.3) is 0 Å². The molecule has 0 saturated heterocycles.